The summed E-state index contributed by atoms with van der Waals surface area (Å²) in [5.41, 5.74) is 0.125. The summed E-state index contributed by atoms with van der Waals surface area (Å²) in [5.74, 6) is -1.58. The zero-order valence-electron chi connectivity index (χ0n) is 22.3. The monoisotopic (exact) mass is 555 g/mol. The summed E-state index contributed by atoms with van der Waals surface area (Å²) in [4.78, 5) is 25.7. The quantitative estimate of drug-likeness (QED) is 0.354. The lowest BCUT2D eigenvalue weighted by atomic mass is 9.97. The highest BCUT2D eigenvalue weighted by atomic mass is 19.1. The van der Waals surface area contributed by atoms with Crippen LogP contribution in [0, 0.1) is 17.6 Å². The van der Waals surface area contributed by atoms with E-state index >= 15 is 8.78 Å². The van der Waals surface area contributed by atoms with Crippen molar-refractivity contribution in [2.24, 2.45) is 5.92 Å². The number of hydrogen-bond donors (Lipinski definition) is 2. The molecule has 2 fully saturated rings. The van der Waals surface area contributed by atoms with E-state index in [4.69, 9.17) is 23.9 Å². The van der Waals surface area contributed by atoms with E-state index in [1.165, 1.54) is 26.4 Å². The molecule has 4 heterocycles. The molecule has 10 nitrogen and oxygen atoms in total. The van der Waals surface area contributed by atoms with E-state index in [1.807, 2.05) is 0 Å². The highest BCUT2D eigenvalue weighted by Crippen LogP contribution is 2.39. The largest absolute Gasteiger partial charge is 0.494 e. The first-order valence-corrected chi connectivity index (χ1v) is 13.0. The molecule has 40 heavy (non-hydrogen) atoms. The van der Waals surface area contributed by atoms with Crippen LogP contribution in [0.2, 0.25) is 0 Å². The molecular formula is C28H31F2N5O5. The molecule has 0 spiro atoms. The third-order valence-corrected chi connectivity index (χ3v) is 7.16. The number of benzene rings is 1. The van der Waals surface area contributed by atoms with Gasteiger partial charge in [-0.1, -0.05) is 6.58 Å². The van der Waals surface area contributed by atoms with E-state index < -0.39 is 11.6 Å². The second-order valence-corrected chi connectivity index (χ2v) is 9.73. The molecular weight excluding hydrogens is 524 g/mol. The van der Waals surface area contributed by atoms with Crippen LogP contribution in [-0.4, -0.2) is 73.5 Å². The molecule has 0 radical (unpaired) electrons. The number of rotatable bonds is 10. The molecule has 2 N–H and O–H groups in total. The number of pyridine rings is 1. The highest BCUT2D eigenvalue weighted by Gasteiger charge is 2.30. The van der Waals surface area contributed by atoms with Crippen LogP contribution in [0.1, 0.15) is 19.3 Å². The number of anilines is 2. The van der Waals surface area contributed by atoms with Crippen molar-refractivity contribution in [1.82, 2.24) is 15.0 Å². The third kappa shape index (κ3) is 5.68. The maximum Gasteiger partial charge on any atom is 0.223 e. The van der Waals surface area contributed by atoms with Crippen molar-refractivity contribution in [3.05, 3.63) is 42.6 Å². The van der Waals surface area contributed by atoms with E-state index in [0.29, 0.717) is 55.5 Å². The average molecular weight is 556 g/mol. The molecule has 0 unspecified atom stereocenters. The van der Waals surface area contributed by atoms with Crippen molar-refractivity contribution in [2.75, 3.05) is 51.3 Å². The minimum atomic E-state index is -0.898. The summed E-state index contributed by atoms with van der Waals surface area (Å²) in [5, 5.41) is 7.19. The fraction of sp³-hybridized carbons (Fsp3) is 0.429. The van der Waals surface area contributed by atoms with Crippen LogP contribution in [0.4, 0.5) is 20.5 Å². The number of carbonyl (C=O) groups is 1. The molecule has 2 saturated heterocycles. The maximum absolute atomic E-state index is 15.4. The van der Waals surface area contributed by atoms with Gasteiger partial charge in [0, 0.05) is 49.2 Å². The van der Waals surface area contributed by atoms with Crippen LogP contribution in [0.15, 0.2) is 31.0 Å². The summed E-state index contributed by atoms with van der Waals surface area (Å²) >= 11 is 0. The van der Waals surface area contributed by atoms with Crippen LogP contribution in [0.3, 0.4) is 0 Å². The van der Waals surface area contributed by atoms with Crippen LogP contribution >= 0.6 is 0 Å². The Bertz CT molecular complexity index is 1390. The normalized spacial score (nSPS) is 19.4. The van der Waals surface area contributed by atoms with Crippen molar-refractivity contribution in [1.29, 1.82) is 0 Å². The first-order valence-electron chi connectivity index (χ1n) is 13.0. The van der Waals surface area contributed by atoms with Gasteiger partial charge in [0.2, 0.25) is 5.95 Å². The van der Waals surface area contributed by atoms with Gasteiger partial charge in [-0.25, -0.2) is 23.7 Å². The second-order valence-electron chi connectivity index (χ2n) is 9.73. The van der Waals surface area contributed by atoms with Crippen molar-refractivity contribution in [3.63, 3.8) is 0 Å². The minimum Gasteiger partial charge on any atom is -0.494 e. The van der Waals surface area contributed by atoms with Gasteiger partial charge < -0.3 is 29.6 Å². The Morgan fingerprint density at radius 1 is 1.07 bits per heavy atom. The number of carbonyl (C=O) groups excluding carboxylic acids is 1. The molecule has 0 saturated carbocycles. The molecule has 2 aliphatic rings. The van der Waals surface area contributed by atoms with E-state index in [-0.39, 0.29) is 46.5 Å². The van der Waals surface area contributed by atoms with Crippen LogP contribution in [0.5, 0.6) is 11.5 Å². The Balaban J connectivity index is 1.56. The number of nitrogens with zero attached hydrogens (tertiary/aromatic N) is 3. The summed E-state index contributed by atoms with van der Waals surface area (Å²) in [6.07, 6.45) is 4.65. The van der Waals surface area contributed by atoms with Gasteiger partial charge in [0.25, 0.3) is 0 Å². The van der Waals surface area contributed by atoms with Gasteiger partial charge in [-0.05, 0) is 25.0 Å². The summed E-state index contributed by atoms with van der Waals surface area (Å²) < 4.78 is 52.1. The van der Waals surface area contributed by atoms with Gasteiger partial charge in [-0.15, -0.1) is 0 Å². The van der Waals surface area contributed by atoms with Crippen LogP contribution < -0.4 is 20.1 Å². The van der Waals surface area contributed by atoms with E-state index in [2.05, 4.69) is 27.2 Å². The molecule has 1 aromatic carbocycles. The molecule has 12 heteroatoms. The predicted molar refractivity (Wildman–Crippen MR) is 145 cm³/mol. The molecule has 0 amide bonds. The van der Waals surface area contributed by atoms with Crippen molar-refractivity contribution in [2.45, 2.75) is 31.3 Å². The number of fused-ring (bicyclic) bond motifs is 1. The minimum absolute atomic E-state index is 0.0261. The number of ketones is 1. The van der Waals surface area contributed by atoms with Crippen molar-refractivity contribution >= 4 is 28.5 Å². The lowest BCUT2D eigenvalue weighted by molar-refractivity contribution is -0.115. The van der Waals surface area contributed by atoms with Gasteiger partial charge in [-0.3, -0.25) is 4.79 Å². The van der Waals surface area contributed by atoms with E-state index in [1.54, 1.807) is 6.20 Å². The first-order chi connectivity index (χ1) is 19.4. The molecule has 2 atom stereocenters. The number of ether oxygens (including phenoxy) is 4. The molecule has 0 bridgehead atoms. The van der Waals surface area contributed by atoms with E-state index in [9.17, 15) is 4.79 Å². The average Bonchev–Trinajstić information content (AvgIpc) is 3.40. The lowest BCUT2D eigenvalue weighted by Gasteiger charge is -2.24. The summed E-state index contributed by atoms with van der Waals surface area (Å²) in [6.45, 7) is 5.55. The Labute approximate surface area is 230 Å². The van der Waals surface area contributed by atoms with E-state index in [0.717, 1.165) is 18.9 Å². The number of hydrogen-bond acceptors (Lipinski definition) is 10. The zero-order valence-corrected chi connectivity index (χ0v) is 22.3. The maximum atomic E-state index is 15.4. The Kier molecular flexibility index (Phi) is 8.36. The SMILES string of the molecule is C=CC(=O)C[C@H]1COC[C@H]1Nc1ncc2cc(-c3c(F)c(OC)cc(OC)c3F)nc(NC3CCOCC3)c2n1. The molecule has 2 aromatic heterocycles. The summed E-state index contributed by atoms with van der Waals surface area (Å²) in [7, 11) is 2.59. The Morgan fingerprint density at radius 3 is 2.48 bits per heavy atom. The molecule has 2 aliphatic heterocycles. The fourth-order valence-corrected chi connectivity index (χ4v) is 4.95. The number of halogens is 2. The lowest BCUT2D eigenvalue weighted by Crippen LogP contribution is -2.30. The van der Waals surface area contributed by atoms with Gasteiger partial charge in [-0.2, -0.15) is 0 Å². The van der Waals surface area contributed by atoms with Crippen LogP contribution in [-0.2, 0) is 14.3 Å². The molecule has 5 rings (SSSR count). The Morgan fingerprint density at radius 2 is 1.80 bits per heavy atom. The van der Waals surface area contributed by atoms with Gasteiger partial charge in [0.15, 0.2) is 34.7 Å². The number of methoxy groups -OCH3 is 2. The zero-order chi connectivity index (χ0) is 28.2. The smallest absolute Gasteiger partial charge is 0.223 e. The molecule has 3 aromatic rings. The fourth-order valence-electron chi connectivity index (χ4n) is 4.95. The van der Waals surface area contributed by atoms with Gasteiger partial charge in [0.1, 0.15) is 5.52 Å². The number of allylic oxidation sites excluding steroid dienone is 1. The first kappa shape index (κ1) is 27.7. The Hall–Kier alpha value is -3.90. The number of nitrogens with one attached hydrogen (secondary N) is 2. The third-order valence-electron chi connectivity index (χ3n) is 7.16. The molecule has 212 valence electrons. The van der Waals surface area contributed by atoms with Crippen LogP contribution in [0.25, 0.3) is 22.2 Å². The number of aromatic nitrogens is 3. The predicted octanol–water partition coefficient (Wildman–Crippen LogP) is 4.15. The van der Waals surface area contributed by atoms with Crippen molar-refractivity contribution < 1.29 is 32.5 Å². The standard InChI is InChI=1S/C28H31F2N5O5/c1-4-18(36)9-16-13-40-14-20(16)34-28-31-12-15-10-19(23-24(29)21(37-2)11-22(38-3)25(23)30)33-27(26(15)35-28)32-17-5-7-39-8-6-17/h4,10-12,16-17,20H,1,5-9,13-14H2,2-3H3,(H,32,33)(H,31,34,35)/t16-,20+/m0/s1. The molecule has 0 aliphatic carbocycles. The van der Waals surface area contributed by atoms with Gasteiger partial charge >= 0.3 is 0 Å². The topological polar surface area (TPSA) is 117 Å². The van der Waals surface area contributed by atoms with Gasteiger partial charge in [0.05, 0.1) is 44.7 Å². The second kappa shape index (κ2) is 12.1. The highest BCUT2D eigenvalue weighted by molar-refractivity contribution is 5.92. The van der Waals surface area contributed by atoms with Crippen molar-refractivity contribution in [3.8, 4) is 22.8 Å². The summed E-state index contributed by atoms with van der Waals surface area (Å²) in [6, 6.07) is 2.53.